The number of nitrogens with one attached hydrogen (secondary N) is 1. The molecule has 116 valence electrons. The lowest BCUT2D eigenvalue weighted by Crippen LogP contribution is -2.23. The molecule has 0 unspecified atom stereocenters. The van der Waals surface area contributed by atoms with Crippen LogP contribution in [0.3, 0.4) is 0 Å². The molecule has 0 aliphatic rings. The van der Waals surface area contributed by atoms with Gasteiger partial charge in [-0.25, -0.2) is 4.79 Å². The van der Waals surface area contributed by atoms with Crippen LogP contribution in [-0.4, -0.2) is 22.8 Å². The molecule has 0 bridgehead atoms. The van der Waals surface area contributed by atoms with Gasteiger partial charge in [0.25, 0.3) is 0 Å². The van der Waals surface area contributed by atoms with Crippen molar-refractivity contribution in [1.29, 1.82) is 0 Å². The molecule has 2 aromatic heterocycles. The molecule has 0 radical (unpaired) electrons. The Hall–Kier alpha value is -3.08. The molecule has 0 aliphatic heterocycles. The van der Waals surface area contributed by atoms with Crippen LogP contribution >= 0.6 is 0 Å². The summed E-state index contributed by atoms with van der Waals surface area (Å²) in [7, 11) is 0. The Kier molecular flexibility index (Phi) is 4.10. The number of rotatable bonds is 5. The molecule has 0 amide bonds. The van der Waals surface area contributed by atoms with Gasteiger partial charge < -0.3 is 14.1 Å². The summed E-state index contributed by atoms with van der Waals surface area (Å²) in [6, 6.07) is 10.9. The molecule has 3 rings (SSSR count). The standard InChI is InChI=1S/C18H15NO4/c1-12(23-17(20)9-8-13-5-4-10-22-13)18(21)15-11-19-16-7-3-2-6-14(15)16/h2-12,19H,1H3/b9-8+/t12-/m0/s1. The molecule has 2 heterocycles. The van der Waals surface area contributed by atoms with Crippen molar-refractivity contribution in [2.75, 3.05) is 0 Å². The van der Waals surface area contributed by atoms with Gasteiger partial charge in [-0.1, -0.05) is 18.2 Å². The van der Waals surface area contributed by atoms with E-state index in [1.807, 2.05) is 24.3 Å². The second-order valence-corrected chi connectivity index (χ2v) is 5.04. The first-order chi connectivity index (χ1) is 11.1. The van der Waals surface area contributed by atoms with Crippen LogP contribution in [0.25, 0.3) is 17.0 Å². The van der Waals surface area contributed by atoms with E-state index >= 15 is 0 Å². The van der Waals surface area contributed by atoms with Crippen LogP contribution in [0.15, 0.2) is 59.4 Å². The molecule has 0 saturated carbocycles. The molecule has 23 heavy (non-hydrogen) atoms. The summed E-state index contributed by atoms with van der Waals surface area (Å²) in [4.78, 5) is 27.3. The number of hydrogen-bond donors (Lipinski definition) is 1. The number of hydrogen-bond acceptors (Lipinski definition) is 4. The van der Waals surface area contributed by atoms with Crippen LogP contribution in [-0.2, 0) is 9.53 Å². The Bertz CT molecular complexity index is 858. The van der Waals surface area contributed by atoms with Crippen molar-refractivity contribution in [2.24, 2.45) is 0 Å². The molecule has 0 saturated heterocycles. The first-order valence-electron chi connectivity index (χ1n) is 7.17. The van der Waals surface area contributed by atoms with E-state index < -0.39 is 12.1 Å². The van der Waals surface area contributed by atoms with Gasteiger partial charge in [0.15, 0.2) is 6.10 Å². The molecule has 3 aromatic rings. The lowest BCUT2D eigenvalue weighted by atomic mass is 10.1. The summed E-state index contributed by atoms with van der Waals surface area (Å²) >= 11 is 0. The predicted molar refractivity (Wildman–Crippen MR) is 85.9 cm³/mol. The van der Waals surface area contributed by atoms with E-state index in [9.17, 15) is 9.59 Å². The van der Waals surface area contributed by atoms with Gasteiger partial charge in [0, 0.05) is 28.7 Å². The lowest BCUT2D eigenvalue weighted by Gasteiger charge is -2.10. The number of esters is 1. The fourth-order valence-corrected chi connectivity index (χ4v) is 2.30. The van der Waals surface area contributed by atoms with Gasteiger partial charge >= 0.3 is 5.97 Å². The average molecular weight is 309 g/mol. The van der Waals surface area contributed by atoms with Gasteiger partial charge in [-0.15, -0.1) is 0 Å². The summed E-state index contributed by atoms with van der Waals surface area (Å²) in [5, 5.41) is 0.812. The van der Waals surface area contributed by atoms with E-state index in [0.717, 1.165) is 10.9 Å². The fourth-order valence-electron chi connectivity index (χ4n) is 2.30. The third-order valence-electron chi connectivity index (χ3n) is 3.44. The van der Waals surface area contributed by atoms with Gasteiger partial charge in [-0.05, 0) is 31.2 Å². The Morgan fingerprint density at radius 2 is 2.04 bits per heavy atom. The number of ketones is 1. The first-order valence-corrected chi connectivity index (χ1v) is 7.17. The van der Waals surface area contributed by atoms with Crippen LogP contribution in [0.5, 0.6) is 0 Å². The Morgan fingerprint density at radius 1 is 1.22 bits per heavy atom. The third-order valence-corrected chi connectivity index (χ3v) is 3.44. The monoisotopic (exact) mass is 309 g/mol. The summed E-state index contributed by atoms with van der Waals surface area (Å²) in [5.74, 6) is -0.304. The normalized spacial score (nSPS) is 12.6. The maximum Gasteiger partial charge on any atom is 0.331 e. The third kappa shape index (κ3) is 3.23. The maximum atomic E-state index is 12.4. The highest BCUT2D eigenvalue weighted by molar-refractivity contribution is 6.10. The van der Waals surface area contributed by atoms with Gasteiger partial charge in [-0.3, -0.25) is 4.79 Å². The Balaban J connectivity index is 1.69. The van der Waals surface area contributed by atoms with E-state index in [4.69, 9.17) is 9.15 Å². The zero-order valence-corrected chi connectivity index (χ0v) is 12.5. The zero-order valence-electron chi connectivity index (χ0n) is 12.5. The highest BCUT2D eigenvalue weighted by atomic mass is 16.5. The molecule has 1 aromatic carbocycles. The van der Waals surface area contributed by atoms with Crippen LogP contribution < -0.4 is 0 Å². The molecule has 1 N–H and O–H groups in total. The van der Waals surface area contributed by atoms with Crippen LogP contribution in [0.2, 0.25) is 0 Å². The number of aromatic amines is 1. The van der Waals surface area contributed by atoms with E-state index in [-0.39, 0.29) is 5.78 Å². The van der Waals surface area contributed by atoms with Crippen LogP contribution in [0.1, 0.15) is 23.0 Å². The largest absolute Gasteiger partial charge is 0.465 e. The van der Waals surface area contributed by atoms with Crippen LogP contribution in [0.4, 0.5) is 0 Å². The van der Waals surface area contributed by atoms with Crippen molar-refractivity contribution in [3.05, 3.63) is 66.3 Å². The molecule has 0 aliphatic carbocycles. The number of carbonyl (C=O) groups is 2. The molecule has 0 spiro atoms. The van der Waals surface area contributed by atoms with Crippen molar-refractivity contribution >= 4 is 28.7 Å². The van der Waals surface area contributed by atoms with Gasteiger partial charge in [-0.2, -0.15) is 0 Å². The van der Waals surface area contributed by atoms with Crippen molar-refractivity contribution in [2.45, 2.75) is 13.0 Å². The molecule has 0 fully saturated rings. The van der Waals surface area contributed by atoms with Crippen molar-refractivity contribution < 1.29 is 18.7 Å². The van der Waals surface area contributed by atoms with Gasteiger partial charge in [0.05, 0.1) is 6.26 Å². The number of Topliss-reactive ketones (excluding diaryl/α,β-unsaturated/α-hetero) is 1. The highest BCUT2D eigenvalue weighted by Crippen LogP contribution is 2.20. The van der Waals surface area contributed by atoms with E-state index in [2.05, 4.69) is 4.98 Å². The highest BCUT2D eigenvalue weighted by Gasteiger charge is 2.21. The van der Waals surface area contributed by atoms with Gasteiger partial charge in [0.2, 0.25) is 5.78 Å². The number of H-pyrrole nitrogens is 1. The van der Waals surface area contributed by atoms with Crippen molar-refractivity contribution in [3.8, 4) is 0 Å². The summed E-state index contributed by atoms with van der Waals surface area (Å²) in [6.07, 6.45) is 5.00. The average Bonchev–Trinajstić information content (AvgIpc) is 3.21. The number of para-hydroxylation sites is 1. The molecular formula is C18H15NO4. The minimum atomic E-state index is -0.872. The van der Waals surface area contributed by atoms with Crippen molar-refractivity contribution in [3.63, 3.8) is 0 Å². The zero-order chi connectivity index (χ0) is 16.2. The van der Waals surface area contributed by atoms with E-state index in [0.29, 0.717) is 11.3 Å². The molecule has 5 heteroatoms. The summed E-state index contributed by atoms with van der Waals surface area (Å²) < 4.78 is 10.2. The Morgan fingerprint density at radius 3 is 2.83 bits per heavy atom. The van der Waals surface area contributed by atoms with Gasteiger partial charge in [0.1, 0.15) is 5.76 Å². The molecule has 5 nitrogen and oxygen atoms in total. The second kappa shape index (κ2) is 6.36. The van der Waals surface area contributed by atoms with Crippen LogP contribution in [0, 0.1) is 0 Å². The number of furan rings is 1. The smallest absolute Gasteiger partial charge is 0.331 e. The molecule has 1 atom stereocenters. The number of aromatic nitrogens is 1. The fraction of sp³-hybridized carbons (Fsp3) is 0.111. The first kappa shape index (κ1) is 14.8. The minimum absolute atomic E-state index is 0.248. The number of ether oxygens (including phenoxy) is 1. The SMILES string of the molecule is C[C@H](OC(=O)/C=C/c1ccco1)C(=O)c1c[nH]c2ccccc12. The minimum Gasteiger partial charge on any atom is -0.465 e. The maximum absolute atomic E-state index is 12.4. The Labute approximate surface area is 132 Å². The van der Waals surface area contributed by atoms with Crippen molar-refractivity contribution in [1.82, 2.24) is 4.98 Å². The van der Waals surface area contributed by atoms with E-state index in [1.165, 1.54) is 18.4 Å². The predicted octanol–water partition coefficient (Wildman–Crippen LogP) is 3.59. The second-order valence-electron chi connectivity index (χ2n) is 5.04. The molecular weight excluding hydrogens is 294 g/mol. The lowest BCUT2D eigenvalue weighted by molar-refractivity contribution is -0.140. The summed E-state index contributed by atoms with van der Waals surface area (Å²) in [6.45, 7) is 1.56. The number of fused-ring (bicyclic) bond motifs is 1. The topological polar surface area (TPSA) is 72.3 Å². The number of benzene rings is 1. The summed E-state index contributed by atoms with van der Waals surface area (Å²) in [5.41, 5.74) is 1.38. The van der Waals surface area contributed by atoms with E-state index in [1.54, 1.807) is 25.3 Å². The number of carbonyl (C=O) groups excluding carboxylic acids is 2. The quantitative estimate of drug-likeness (QED) is 0.444.